The molecular formula is C9H16N2O2. The molecule has 1 aliphatic rings. The maximum Gasteiger partial charge on any atom is 0.208 e. The van der Waals surface area contributed by atoms with Gasteiger partial charge in [0.1, 0.15) is 5.66 Å². The molecule has 0 aromatic rings. The predicted molar refractivity (Wildman–Crippen MR) is 50.5 cm³/mol. The van der Waals surface area contributed by atoms with E-state index in [1.165, 1.54) is 6.40 Å². The van der Waals surface area contributed by atoms with Crippen molar-refractivity contribution >= 4 is 12.8 Å². The first-order valence-electron chi connectivity index (χ1n) is 4.69. The molecule has 4 heteroatoms. The van der Waals surface area contributed by atoms with Gasteiger partial charge in [0.2, 0.25) is 6.41 Å². The Morgan fingerprint density at radius 3 is 2.77 bits per heavy atom. The lowest BCUT2D eigenvalue weighted by Crippen LogP contribution is -2.40. The summed E-state index contributed by atoms with van der Waals surface area (Å²) < 4.78 is 5.02. The number of amides is 1. The topological polar surface area (TPSA) is 50.7 Å². The van der Waals surface area contributed by atoms with Gasteiger partial charge >= 0.3 is 0 Å². The number of aliphatic imine (C=N–C) groups is 1. The number of hydrogen-bond donors (Lipinski definition) is 1. The maximum atomic E-state index is 10.4. The molecular weight excluding hydrogens is 168 g/mol. The molecule has 0 heterocycles. The third-order valence-corrected chi connectivity index (χ3v) is 2.30. The van der Waals surface area contributed by atoms with E-state index in [-0.39, 0.29) is 5.66 Å². The lowest BCUT2D eigenvalue weighted by atomic mass is 10.1. The van der Waals surface area contributed by atoms with E-state index in [2.05, 4.69) is 10.3 Å². The van der Waals surface area contributed by atoms with Crippen molar-refractivity contribution in [2.75, 3.05) is 6.61 Å². The molecule has 0 spiro atoms. The summed E-state index contributed by atoms with van der Waals surface area (Å²) in [7, 11) is 0. The van der Waals surface area contributed by atoms with Gasteiger partial charge in [-0.25, -0.2) is 4.99 Å². The summed E-state index contributed by atoms with van der Waals surface area (Å²) in [4.78, 5) is 14.6. The van der Waals surface area contributed by atoms with Crippen LogP contribution in [-0.2, 0) is 9.53 Å². The van der Waals surface area contributed by atoms with Crippen molar-refractivity contribution in [1.82, 2.24) is 5.32 Å². The third-order valence-electron chi connectivity index (χ3n) is 2.30. The molecule has 0 aromatic carbocycles. The van der Waals surface area contributed by atoms with Crippen LogP contribution in [0.5, 0.6) is 0 Å². The van der Waals surface area contributed by atoms with E-state index in [1.54, 1.807) is 0 Å². The molecule has 0 aliphatic heterocycles. The van der Waals surface area contributed by atoms with Gasteiger partial charge in [-0.2, -0.15) is 0 Å². The molecule has 13 heavy (non-hydrogen) atoms. The normalized spacial score (nSPS) is 20.4. The van der Waals surface area contributed by atoms with Crippen LogP contribution in [0, 0.1) is 0 Å². The molecule has 0 radical (unpaired) electrons. The molecule has 1 fully saturated rings. The van der Waals surface area contributed by atoms with E-state index in [1.807, 2.05) is 6.92 Å². The number of nitrogens with zero attached hydrogens (tertiary/aromatic N) is 1. The zero-order valence-electron chi connectivity index (χ0n) is 7.95. The minimum absolute atomic E-state index is 0.378. The summed E-state index contributed by atoms with van der Waals surface area (Å²) in [5.74, 6) is 0. The van der Waals surface area contributed by atoms with E-state index in [9.17, 15) is 4.79 Å². The van der Waals surface area contributed by atoms with Crippen LogP contribution in [0.2, 0.25) is 0 Å². The molecule has 0 atom stereocenters. The van der Waals surface area contributed by atoms with E-state index >= 15 is 0 Å². The molecule has 1 N–H and O–H groups in total. The highest BCUT2D eigenvalue weighted by Gasteiger charge is 2.32. The Balaban J connectivity index is 2.50. The summed E-state index contributed by atoms with van der Waals surface area (Å²) in [5, 5.41) is 2.76. The second kappa shape index (κ2) is 4.84. The Bertz CT molecular complexity index is 186. The van der Waals surface area contributed by atoms with Crippen LogP contribution in [0.15, 0.2) is 4.99 Å². The van der Waals surface area contributed by atoms with Gasteiger partial charge in [-0.15, -0.1) is 0 Å². The number of nitrogens with one attached hydrogen (secondary N) is 1. The van der Waals surface area contributed by atoms with Crippen molar-refractivity contribution in [1.29, 1.82) is 0 Å². The average Bonchev–Trinajstić information content (AvgIpc) is 2.55. The van der Waals surface area contributed by atoms with E-state index in [4.69, 9.17) is 4.74 Å². The summed E-state index contributed by atoms with van der Waals surface area (Å²) >= 11 is 0. The van der Waals surface area contributed by atoms with E-state index in [0.717, 1.165) is 25.7 Å². The summed E-state index contributed by atoms with van der Waals surface area (Å²) in [6.45, 7) is 2.52. The van der Waals surface area contributed by atoms with Gasteiger partial charge in [0.15, 0.2) is 6.40 Å². The monoisotopic (exact) mass is 184 g/mol. The lowest BCUT2D eigenvalue weighted by molar-refractivity contribution is -0.111. The minimum atomic E-state index is -0.378. The smallest absolute Gasteiger partial charge is 0.208 e. The van der Waals surface area contributed by atoms with Crippen molar-refractivity contribution in [3.63, 3.8) is 0 Å². The molecule has 74 valence electrons. The third kappa shape index (κ3) is 2.72. The van der Waals surface area contributed by atoms with Gasteiger partial charge in [-0.05, 0) is 32.6 Å². The number of carbonyl (C=O) groups excluding carboxylic acids is 1. The average molecular weight is 184 g/mol. The molecule has 4 nitrogen and oxygen atoms in total. The zero-order valence-corrected chi connectivity index (χ0v) is 7.95. The Morgan fingerprint density at radius 2 is 2.23 bits per heavy atom. The molecule has 1 rings (SSSR count). The van der Waals surface area contributed by atoms with Crippen molar-refractivity contribution in [3.05, 3.63) is 0 Å². The fourth-order valence-corrected chi connectivity index (χ4v) is 1.59. The Kier molecular flexibility index (Phi) is 3.73. The highest BCUT2D eigenvalue weighted by molar-refractivity contribution is 5.52. The van der Waals surface area contributed by atoms with Gasteiger partial charge < -0.3 is 10.1 Å². The molecule has 1 amide bonds. The van der Waals surface area contributed by atoms with Crippen LogP contribution in [-0.4, -0.2) is 25.1 Å². The van der Waals surface area contributed by atoms with Gasteiger partial charge in [0, 0.05) is 0 Å². The minimum Gasteiger partial charge on any atom is -0.484 e. The summed E-state index contributed by atoms with van der Waals surface area (Å²) in [6, 6.07) is 0. The molecule has 1 saturated carbocycles. The van der Waals surface area contributed by atoms with Crippen LogP contribution in [0.3, 0.4) is 0 Å². The molecule has 0 unspecified atom stereocenters. The van der Waals surface area contributed by atoms with Gasteiger partial charge in [0.25, 0.3) is 0 Å². The lowest BCUT2D eigenvalue weighted by Gasteiger charge is -2.22. The summed E-state index contributed by atoms with van der Waals surface area (Å²) in [5.41, 5.74) is -0.378. The quantitative estimate of drug-likeness (QED) is 0.394. The predicted octanol–water partition coefficient (Wildman–Crippen LogP) is 1.07. The second-order valence-corrected chi connectivity index (χ2v) is 3.19. The molecule has 0 bridgehead atoms. The van der Waals surface area contributed by atoms with Crippen molar-refractivity contribution in [2.45, 2.75) is 38.3 Å². The van der Waals surface area contributed by atoms with E-state index in [0.29, 0.717) is 13.0 Å². The second-order valence-electron chi connectivity index (χ2n) is 3.19. The first kappa shape index (κ1) is 10.0. The Hall–Kier alpha value is -1.06. The molecule has 1 aliphatic carbocycles. The van der Waals surface area contributed by atoms with Gasteiger partial charge in [-0.1, -0.05) is 0 Å². The molecule has 0 saturated heterocycles. The molecule has 0 aromatic heterocycles. The van der Waals surface area contributed by atoms with Crippen molar-refractivity contribution < 1.29 is 9.53 Å². The summed E-state index contributed by atoms with van der Waals surface area (Å²) in [6.07, 6.45) is 6.22. The van der Waals surface area contributed by atoms with Crippen LogP contribution < -0.4 is 5.32 Å². The first-order chi connectivity index (χ1) is 6.33. The fourth-order valence-electron chi connectivity index (χ4n) is 1.59. The first-order valence-corrected chi connectivity index (χ1v) is 4.69. The highest BCUT2D eigenvalue weighted by atomic mass is 16.5. The van der Waals surface area contributed by atoms with Crippen molar-refractivity contribution in [2.24, 2.45) is 4.99 Å². The maximum absolute atomic E-state index is 10.4. The SMILES string of the molecule is CCOC=NC1(NC=O)CCCC1. The van der Waals surface area contributed by atoms with Crippen LogP contribution in [0.25, 0.3) is 0 Å². The Morgan fingerprint density at radius 1 is 1.54 bits per heavy atom. The Labute approximate surface area is 78.4 Å². The van der Waals surface area contributed by atoms with Crippen LogP contribution >= 0.6 is 0 Å². The number of ether oxygens (including phenoxy) is 1. The number of hydrogen-bond acceptors (Lipinski definition) is 3. The largest absolute Gasteiger partial charge is 0.484 e. The van der Waals surface area contributed by atoms with Crippen molar-refractivity contribution in [3.8, 4) is 0 Å². The van der Waals surface area contributed by atoms with Crippen LogP contribution in [0.1, 0.15) is 32.6 Å². The standard InChI is InChI=1S/C9H16N2O2/c1-2-13-8-11-9(10-7-12)5-3-4-6-9/h7-8H,2-6H2,1H3,(H,10,12). The van der Waals surface area contributed by atoms with Gasteiger partial charge in [0.05, 0.1) is 6.61 Å². The highest BCUT2D eigenvalue weighted by Crippen LogP contribution is 2.30. The van der Waals surface area contributed by atoms with Crippen LogP contribution in [0.4, 0.5) is 0 Å². The fraction of sp³-hybridized carbons (Fsp3) is 0.778. The van der Waals surface area contributed by atoms with E-state index < -0.39 is 0 Å². The number of rotatable bonds is 5. The van der Waals surface area contributed by atoms with Gasteiger partial charge in [-0.3, -0.25) is 4.79 Å². The zero-order chi connectivity index (χ0) is 9.57. The number of carbonyl (C=O) groups is 1.